The van der Waals surface area contributed by atoms with Crippen LogP contribution >= 0.6 is 7.60 Å². The summed E-state index contributed by atoms with van der Waals surface area (Å²) in [5, 5.41) is 0. The van der Waals surface area contributed by atoms with Gasteiger partial charge < -0.3 is 18.5 Å². The molecule has 0 saturated carbocycles. The Morgan fingerprint density at radius 3 is 2.29 bits per heavy atom. The first kappa shape index (κ1) is 20.9. The first-order valence-corrected chi connectivity index (χ1v) is 10.1. The van der Waals surface area contributed by atoms with E-state index < -0.39 is 7.60 Å². The summed E-state index contributed by atoms with van der Waals surface area (Å²) in [5.74, 6) is 0.577. The van der Waals surface area contributed by atoms with E-state index in [1.165, 1.54) is 19.2 Å². The molecule has 1 rings (SSSR count). The van der Waals surface area contributed by atoms with Crippen LogP contribution in [0.3, 0.4) is 0 Å². The highest BCUT2D eigenvalue weighted by molar-refractivity contribution is 7.53. The zero-order chi connectivity index (χ0) is 17.8. The lowest BCUT2D eigenvalue weighted by atomic mass is 10.2. The van der Waals surface area contributed by atoms with Gasteiger partial charge in [-0.3, -0.25) is 4.57 Å². The van der Waals surface area contributed by atoms with Crippen molar-refractivity contribution in [2.45, 2.75) is 39.5 Å². The van der Waals surface area contributed by atoms with Crippen molar-refractivity contribution in [3.63, 3.8) is 0 Å². The Morgan fingerprint density at radius 1 is 1.00 bits per heavy atom. The first-order chi connectivity index (χ1) is 11.5. The molecule has 138 valence electrons. The maximum atomic E-state index is 13.1. The van der Waals surface area contributed by atoms with Gasteiger partial charge in [-0.05, 0) is 38.8 Å². The van der Waals surface area contributed by atoms with Crippen LogP contribution in [0.5, 0.6) is 11.5 Å². The molecule has 0 saturated heterocycles. The van der Waals surface area contributed by atoms with Crippen LogP contribution in [0.2, 0.25) is 0 Å². The SMILES string of the molecule is CCOP(=O)(CCCCCCOc1ccc(F)cc1OC)OCC. The van der Waals surface area contributed by atoms with E-state index in [1.54, 1.807) is 6.07 Å². The summed E-state index contributed by atoms with van der Waals surface area (Å²) in [6, 6.07) is 4.21. The van der Waals surface area contributed by atoms with Gasteiger partial charge in [0.15, 0.2) is 11.5 Å². The number of hydrogen-bond donors (Lipinski definition) is 0. The second kappa shape index (κ2) is 11.5. The molecule has 0 aromatic heterocycles. The van der Waals surface area contributed by atoms with Crippen molar-refractivity contribution in [3.05, 3.63) is 24.0 Å². The van der Waals surface area contributed by atoms with Crippen LogP contribution in [0.15, 0.2) is 18.2 Å². The molecule has 0 N–H and O–H groups in total. The molecule has 0 radical (unpaired) electrons. The molecule has 5 nitrogen and oxygen atoms in total. The van der Waals surface area contributed by atoms with E-state index in [1.807, 2.05) is 13.8 Å². The summed E-state index contributed by atoms with van der Waals surface area (Å²) in [6.07, 6.45) is 3.96. The fraction of sp³-hybridized carbons (Fsp3) is 0.647. The Morgan fingerprint density at radius 2 is 1.67 bits per heavy atom. The lowest BCUT2D eigenvalue weighted by Crippen LogP contribution is -2.02. The maximum Gasteiger partial charge on any atom is 0.330 e. The zero-order valence-corrected chi connectivity index (χ0v) is 15.6. The molecule has 0 bridgehead atoms. The predicted octanol–water partition coefficient (Wildman–Crippen LogP) is 5.04. The number of unbranched alkanes of at least 4 members (excludes halogenated alkanes) is 3. The summed E-state index contributed by atoms with van der Waals surface area (Å²) < 4.78 is 46.6. The van der Waals surface area contributed by atoms with E-state index >= 15 is 0 Å². The molecule has 0 fully saturated rings. The van der Waals surface area contributed by atoms with E-state index in [0.29, 0.717) is 37.5 Å². The van der Waals surface area contributed by atoms with Crippen molar-refractivity contribution in [1.82, 2.24) is 0 Å². The lowest BCUT2D eigenvalue weighted by molar-refractivity contribution is 0.219. The minimum absolute atomic E-state index is 0.354. The quantitative estimate of drug-likeness (QED) is 0.363. The molecular weight excluding hydrogens is 334 g/mol. The summed E-state index contributed by atoms with van der Waals surface area (Å²) in [6.45, 7) is 4.94. The van der Waals surface area contributed by atoms with Crippen molar-refractivity contribution in [3.8, 4) is 11.5 Å². The topological polar surface area (TPSA) is 54.0 Å². The van der Waals surface area contributed by atoms with E-state index in [2.05, 4.69) is 0 Å². The fourth-order valence-electron chi connectivity index (χ4n) is 2.26. The molecule has 0 heterocycles. The Labute approximate surface area is 144 Å². The number of hydrogen-bond acceptors (Lipinski definition) is 5. The molecule has 24 heavy (non-hydrogen) atoms. The van der Waals surface area contributed by atoms with Crippen molar-refractivity contribution in [1.29, 1.82) is 0 Å². The van der Waals surface area contributed by atoms with Crippen LogP contribution < -0.4 is 9.47 Å². The minimum Gasteiger partial charge on any atom is -0.493 e. The summed E-state index contributed by atoms with van der Waals surface area (Å²) >= 11 is 0. The second-order valence-electron chi connectivity index (χ2n) is 5.23. The highest BCUT2D eigenvalue weighted by Gasteiger charge is 2.22. The van der Waals surface area contributed by atoms with Crippen LogP contribution in [-0.4, -0.2) is 33.1 Å². The van der Waals surface area contributed by atoms with Crippen molar-refractivity contribution >= 4 is 7.60 Å². The van der Waals surface area contributed by atoms with Gasteiger partial charge in [0.1, 0.15) is 5.82 Å². The van der Waals surface area contributed by atoms with Gasteiger partial charge in [0, 0.05) is 6.07 Å². The average molecular weight is 362 g/mol. The molecule has 7 heteroatoms. The van der Waals surface area contributed by atoms with Gasteiger partial charge in [0.05, 0.1) is 33.1 Å². The Bertz CT molecular complexity index is 514. The van der Waals surface area contributed by atoms with Gasteiger partial charge in [0.25, 0.3) is 0 Å². The number of halogens is 1. The number of ether oxygens (including phenoxy) is 2. The molecule has 0 unspecified atom stereocenters. The standard InChI is InChI=1S/C17H28FO5P/c1-4-22-24(19,23-5-2)13-9-7-6-8-12-21-16-11-10-15(18)14-17(16)20-3/h10-11,14H,4-9,12-13H2,1-3H3. The third-order valence-electron chi connectivity index (χ3n) is 3.36. The van der Waals surface area contributed by atoms with E-state index in [4.69, 9.17) is 18.5 Å². The van der Waals surface area contributed by atoms with Gasteiger partial charge in [-0.1, -0.05) is 12.8 Å². The first-order valence-electron chi connectivity index (χ1n) is 8.39. The number of benzene rings is 1. The molecule has 0 aliphatic rings. The van der Waals surface area contributed by atoms with Gasteiger partial charge in [-0.15, -0.1) is 0 Å². The summed E-state index contributed by atoms with van der Waals surface area (Å²) in [7, 11) is -1.44. The minimum atomic E-state index is -2.92. The Kier molecular flexibility index (Phi) is 9.99. The summed E-state index contributed by atoms with van der Waals surface area (Å²) in [5.41, 5.74) is 0. The third kappa shape index (κ3) is 7.65. The highest BCUT2D eigenvalue weighted by atomic mass is 31.2. The van der Waals surface area contributed by atoms with Crippen LogP contribution in [-0.2, 0) is 13.6 Å². The van der Waals surface area contributed by atoms with Crippen molar-refractivity contribution in [2.24, 2.45) is 0 Å². The zero-order valence-electron chi connectivity index (χ0n) is 14.8. The number of rotatable bonds is 13. The molecule has 0 amide bonds. The van der Waals surface area contributed by atoms with Gasteiger partial charge in [0.2, 0.25) is 0 Å². The van der Waals surface area contributed by atoms with Crippen molar-refractivity contribution in [2.75, 3.05) is 33.1 Å². The second-order valence-corrected chi connectivity index (χ2v) is 7.41. The smallest absolute Gasteiger partial charge is 0.330 e. The third-order valence-corrected chi connectivity index (χ3v) is 5.53. The molecule has 1 aromatic rings. The molecule has 0 aliphatic heterocycles. The van der Waals surface area contributed by atoms with Crippen LogP contribution in [0.4, 0.5) is 4.39 Å². The van der Waals surface area contributed by atoms with Gasteiger partial charge in [-0.25, -0.2) is 4.39 Å². The van der Waals surface area contributed by atoms with Gasteiger partial charge in [-0.2, -0.15) is 0 Å². The van der Waals surface area contributed by atoms with Crippen LogP contribution in [0.25, 0.3) is 0 Å². The molecule has 0 spiro atoms. The lowest BCUT2D eigenvalue weighted by Gasteiger charge is -2.16. The molecule has 0 atom stereocenters. The van der Waals surface area contributed by atoms with Gasteiger partial charge >= 0.3 is 7.60 Å². The maximum absolute atomic E-state index is 13.1. The normalized spacial score (nSPS) is 11.5. The summed E-state index contributed by atoms with van der Waals surface area (Å²) in [4.78, 5) is 0. The average Bonchev–Trinajstić information content (AvgIpc) is 2.55. The van der Waals surface area contributed by atoms with E-state index in [0.717, 1.165) is 25.7 Å². The largest absolute Gasteiger partial charge is 0.493 e. The number of methoxy groups -OCH3 is 1. The van der Waals surface area contributed by atoms with Crippen LogP contribution in [0, 0.1) is 5.82 Å². The van der Waals surface area contributed by atoms with Crippen LogP contribution in [0.1, 0.15) is 39.5 Å². The molecular formula is C17H28FO5P. The fourth-order valence-corrected chi connectivity index (χ4v) is 3.99. The van der Waals surface area contributed by atoms with E-state index in [-0.39, 0.29) is 5.82 Å². The monoisotopic (exact) mass is 362 g/mol. The molecule has 1 aromatic carbocycles. The predicted molar refractivity (Wildman–Crippen MR) is 92.6 cm³/mol. The Hall–Kier alpha value is -1.10. The molecule has 0 aliphatic carbocycles. The van der Waals surface area contributed by atoms with E-state index in [9.17, 15) is 8.96 Å². The highest BCUT2D eigenvalue weighted by Crippen LogP contribution is 2.48. The van der Waals surface area contributed by atoms with Crippen molar-refractivity contribution < 1.29 is 27.5 Å². The Balaban J connectivity index is 2.22.